The summed E-state index contributed by atoms with van der Waals surface area (Å²) in [6, 6.07) is 0. The van der Waals surface area contributed by atoms with E-state index in [1.54, 1.807) is 0 Å². The molecule has 0 saturated carbocycles. The lowest BCUT2D eigenvalue weighted by molar-refractivity contribution is -0.139. The first-order chi connectivity index (χ1) is 8.17. The first-order valence-electron chi connectivity index (χ1n) is 6.36. The van der Waals surface area contributed by atoms with Gasteiger partial charge < -0.3 is 9.47 Å². The summed E-state index contributed by atoms with van der Waals surface area (Å²) < 4.78 is 10.9. The van der Waals surface area contributed by atoms with Gasteiger partial charge in [0.2, 0.25) is 0 Å². The molecule has 0 unspecified atom stereocenters. The van der Waals surface area contributed by atoms with Gasteiger partial charge >= 0.3 is 5.97 Å². The number of fused-ring (bicyclic) bond motifs is 1. The molecule has 1 fully saturated rings. The fourth-order valence-corrected chi connectivity index (χ4v) is 2.70. The van der Waals surface area contributed by atoms with Crippen molar-refractivity contribution in [1.82, 2.24) is 0 Å². The lowest BCUT2D eigenvalue weighted by atomic mass is 9.79. The maximum Gasteiger partial charge on any atom is 0.337 e. The van der Waals surface area contributed by atoms with Crippen LogP contribution in [0.3, 0.4) is 0 Å². The highest BCUT2D eigenvalue weighted by atomic mass is 16.5. The minimum Gasteiger partial charge on any atom is -0.490 e. The van der Waals surface area contributed by atoms with E-state index in [2.05, 4.69) is 13.5 Å². The molecule has 2 rings (SSSR count). The molecule has 0 spiro atoms. The van der Waals surface area contributed by atoms with Crippen molar-refractivity contribution in [2.75, 3.05) is 6.61 Å². The number of rotatable bonds is 3. The topological polar surface area (TPSA) is 35.5 Å². The lowest BCUT2D eigenvalue weighted by Gasteiger charge is -2.26. The number of allylic oxidation sites excluding steroid dienone is 1. The molecule has 1 saturated heterocycles. The van der Waals surface area contributed by atoms with Crippen LogP contribution in [0.2, 0.25) is 0 Å². The van der Waals surface area contributed by atoms with Gasteiger partial charge in [-0.15, -0.1) is 0 Å². The van der Waals surface area contributed by atoms with Gasteiger partial charge in [0.05, 0.1) is 12.2 Å². The predicted octanol–water partition coefficient (Wildman–Crippen LogP) is 2.82. The molecule has 3 atom stereocenters. The van der Waals surface area contributed by atoms with Crippen LogP contribution in [0, 0.1) is 11.8 Å². The van der Waals surface area contributed by atoms with Gasteiger partial charge in [-0.05, 0) is 32.1 Å². The summed E-state index contributed by atoms with van der Waals surface area (Å²) in [6.45, 7) is 8.24. The van der Waals surface area contributed by atoms with Crippen molar-refractivity contribution in [2.45, 2.75) is 39.2 Å². The van der Waals surface area contributed by atoms with Crippen LogP contribution in [-0.2, 0) is 14.3 Å². The number of carbonyl (C=O) groups is 1. The van der Waals surface area contributed by atoms with Crippen LogP contribution in [0.5, 0.6) is 0 Å². The molecule has 2 aliphatic rings. The molecular weight excluding hydrogens is 216 g/mol. The second kappa shape index (κ2) is 4.94. The van der Waals surface area contributed by atoms with Crippen molar-refractivity contribution >= 4 is 5.97 Å². The van der Waals surface area contributed by atoms with E-state index in [9.17, 15) is 4.79 Å². The molecule has 0 aromatic carbocycles. The Morgan fingerprint density at radius 2 is 2.41 bits per heavy atom. The summed E-state index contributed by atoms with van der Waals surface area (Å²) in [5, 5.41) is 0. The Hall–Kier alpha value is -1.25. The SMILES string of the molecule is C=C[C@H]1C[C@@H]2C(=C(C(=O)OCC)CC[C@H]2C)O1. The van der Waals surface area contributed by atoms with E-state index in [4.69, 9.17) is 9.47 Å². The first kappa shape index (κ1) is 12.2. The summed E-state index contributed by atoms with van der Waals surface area (Å²) in [7, 11) is 0. The summed E-state index contributed by atoms with van der Waals surface area (Å²) in [5.74, 6) is 1.61. The summed E-state index contributed by atoms with van der Waals surface area (Å²) in [4.78, 5) is 11.9. The third kappa shape index (κ3) is 2.24. The van der Waals surface area contributed by atoms with Gasteiger partial charge in [-0.3, -0.25) is 0 Å². The molecule has 0 bridgehead atoms. The van der Waals surface area contributed by atoms with Crippen LogP contribution >= 0.6 is 0 Å². The standard InChI is InChI=1S/C14H20O3/c1-4-10-8-12-9(3)6-7-11(13(12)17-10)14(15)16-5-2/h4,9-10,12H,1,5-8H2,2-3H3/t9-,10+,12+/m1/s1. The Bertz CT molecular complexity index is 356. The largest absolute Gasteiger partial charge is 0.490 e. The molecule has 0 N–H and O–H groups in total. The minimum absolute atomic E-state index is 0.0555. The molecular formula is C14H20O3. The first-order valence-corrected chi connectivity index (χ1v) is 6.36. The normalized spacial score (nSPS) is 31.8. The maximum absolute atomic E-state index is 11.9. The maximum atomic E-state index is 11.9. The fraction of sp³-hybridized carbons (Fsp3) is 0.643. The number of hydrogen-bond acceptors (Lipinski definition) is 3. The lowest BCUT2D eigenvalue weighted by Crippen LogP contribution is -2.22. The van der Waals surface area contributed by atoms with Crippen molar-refractivity contribution < 1.29 is 14.3 Å². The number of carbonyl (C=O) groups excluding carboxylic acids is 1. The van der Waals surface area contributed by atoms with Crippen molar-refractivity contribution in [2.24, 2.45) is 11.8 Å². The third-order valence-electron chi connectivity index (χ3n) is 3.72. The number of esters is 1. The van der Waals surface area contributed by atoms with E-state index in [-0.39, 0.29) is 12.1 Å². The van der Waals surface area contributed by atoms with Gasteiger partial charge in [0, 0.05) is 5.92 Å². The minimum atomic E-state index is -0.205. The molecule has 94 valence electrons. The molecule has 0 aromatic rings. The second-order valence-electron chi connectivity index (χ2n) is 4.81. The van der Waals surface area contributed by atoms with Crippen molar-refractivity contribution in [1.29, 1.82) is 0 Å². The van der Waals surface area contributed by atoms with Crippen molar-refractivity contribution in [3.63, 3.8) is 0 Å². The summed E-state index contributed by atoms with van der Waals surface area (Å²) in [6.07, 6.45) is 4.63. The van der Waals surface area contributed by atoms with Crippen LogP contribution in [0.25, 0.3) is 0 Å². The quantitative estimate of drug-likeness (QED) is 0.558. The molecule has 0 amide bonds. The molecule has 1 heterocycles. The highest BCUT2D eigenvalue weighted by Gasteiger charge is 2.40. The van der Waals surface area contributed by atoms with Gasteiger partial charge in [-0.25, -0.2) is 4.79 Å². The third-order valence-corrected chi connectivity index (χ3v) is 3.72. The monoisotopic (exact) mass is 236 g/mol. The van der Waals surface area contributed by atoms with E-state index >= 15 is 0 Å². The predicted molar refractivity (Wildman–Crippen MR) is 65.2 cm³/mol. The van der Waals surface area contributed by atoms with E-state index in [1.165, 1.54) is 0 Å². The molecule has 3 nitrogen and oxygen atoms in total. The van der Waals surface area contributed by atoms with Gasteiger partial charge in [0.15, 0.2) is 0 Å². The average Bonchev–Trinajstić information content (AvgIpc) is 2.74. The highest BCUT2D eigenvalue weighted by molar-refractivity contribution is 5.89. The molecule has 1 aliphatic carbocycles. The van der Waals surface area contributed by atoms with Gasteiger partial charge in [0.1, 0.15) is 11.9 Å². The Morgan fingerprint density at radius 3 is 3.06 bits per heavy atom. The zero-order valence-corrected chi connectivity index (χ0v) is 10.6. The van der Waals surface area contributed by atoms with E-state index < -0.39 is 0 Å². The molecule has 0 radical (unpaired) electrons. The smallest absolute Gasteiger partial charge is 0.337 e. The van der Waals surface area contributed by atoms with Gasteiger partial charge in [-0.1, -0.05) is 19.6 Å². The molecule has 17 heavy (non-hydrogen) atoms. The fourth-order valence-electron chi connectivity index (χ4n) is 2.70. The van der Waals surface area contributed by atoms with Crippen molar-refractivity contribution in [3.8, 4) is 0 Å². The summed E-state index contributed by atoms with van der Waals surface area (Å²) >= 11 is 0. The second-order valence-corrected chi connectivity index (χ2v) is 4.81. The Morgan fingerprint density at radius 1 is 1.65 bits per heavy atom. The Balaban J connectivity index is 2.26. The highest BCUT2D eigenvalue weighted by Crippen LogP contribution is 2.44. The van der Waals surface area contributed by atoms with Crippen LogP contribution in [-0.4, -0.2) is 18.7 Å². The van der Waals surface area contributed by atoms with E-state index in [0.29, 0.717) is 18.4 Å². The van der Waals surface area contributed by atoms with Crippen LogP contribution in [0.1, 0.15) is 33.1 Å². The summed E-state index contributed by atoms with van der Waals surface area (Å²) in [5.41, 5.74) is 0.749. The molecule has 0 aromatic heterocycles. The number of ether oxygens (including phenoxy) is 2. The number of hydrogen-bond donors (Lipinski definition) is 0. The Kier molecular flexibility index (Phi) is 3.55. The Labute approximate surface area is 102 Å². The van der Waals surface area contributed by atoms with Gasteiger partial charge in [-0.2, -0.15) is 0 Å². The molecule has 1 aliphatic heterocycles. The van der Waals surface area contributed by atoms with Crippen LogP contribution in [0.4, 0.5) is 0 Å². The van der Waals surface area contributed by atoms with E-state index in [0.717, 1.165) is 30.6 Å². The van der Waals surface area contributed by atoms with Crippen molar-refractivity contribution in [3.05, 3.63) is 24.0 Å². The molecule has 3 heteroatoms. The zero-order chi connectivity index (χ0) is 12.4. The average molecular weight is 236 g/mol. The van der Waals surface area contributed by atoms with Crippen LogP contribution < -0.4 is 0 Å². The van der Waals surface area contributed by atoms with E-state index in [1.807, 2.05) is 13.0 Å². The van der Waals surface area contributed by atoms with Crippen LogP contribution in [0.15, 0.2) is 24.0 Å². The zero-order valence-electron chi connectivity index (χ0n) is 10.6. The van der Waals surface area contributed by atoms with Gasteiger partial charge in [0.25, 0.3) is 0 Å².